The van der Waals surface area contributed by atoms with E-state index in [0.29, 0.717) is 10.6 Å². The fourth-order valence-corrected chi connectivity index (χ4v) is 4.26. The SMILES string of the molecule is Cn1cc2c(c1C(=O)Nc1ccc(F)c(C(F)F)c1)OCC(C(O)C1CC1)NS2. The molecule has 1 aliphatic carbocycles. The molecule has 29 heavy (non-hydrogen) atoms. The largest absolute Gasteiger partial charge is 0.488 e. The van der Waals surface area contributed by atoms with Crippen molar-refractivity contribution in [2.24, 2.45) is 13.0 Å². The van der Waals surface area contributed by atoms with Crippen LogP contribution in [0.4, 0.5) is 18.9 Å². The Morgan fingerprint density at radius 2 is 2.17 bits per heavy atom. The van der Waals surface area contributed by atoms with Crippen molar-refractivity contribution in [2.45, 2.75) is 36.3 Å². The van der Waals surface area contributed by atoms with Crippen LogP contribution in [0.25, 0.3) is 0 Å². The van der Waals surface area contributed by atoms with E-state index in [1.807, 2.05) is 0 Å². The zero-order valence-corrected chi connectivity index (χ0v) is 16.3. The lowest BCUT2D eigenvalue weighted by Crippen LogP contribution is -2.41. The van der Waals surface area contributed by atoms with Gasteiger partial charge in [-0.2, -0.15) is 0 Å². The Labute approximate surface area is 169 Å². The number of hydrogen-bond acceptors (Lipinski definition) is 5. The van der Waals surface area contributed by atoms with Crippen molar-refractivity contribution in [1.82, 2.24) is 9.29 Å². The number of carbonyl (C=O) groups is 1. The molecule has 2 heterocycles. The molecule has 2 aliphatic rings. The second kappa shape index (κ2) is 7.92. The Morgan fingerprint density at radius 3 is 2.86 bits per heavy atom. The summed E-state index contributed by atoms with van der Waals surface area (Å²) < 4.78 is 49.9. The maximum absolute atomic E-state index is 13.5. The quantitative estimate of drug-likeness (QED) is 0.637. The van der Waals surface area contributed by atoms with Gasteiger partial charge in [0.15, 0.2) is 11.4 Å². The summed E-state index contributed by atoms with van der Waals surface area (Å²) in [7, 11) is 1.67. The third kappa shape index (κ3) is 4.10. The lowest BCUT2D eigenvalue weighted by atomic mass is 10.1. The fourth-order valence-electron chi connectivity index (χ4n) is 3.31. The van der Waals surface area contributed by atoms with Crippen LogP contribution >= 0.6 is 11.9 Å². The average molecular weight is 427 g/mol. The number of hydrogen-bond donors (Lipinski definition) is 3. The van der Waals surface area contributed by atoms with Crippen molar-refractivity contribution in [2.75, 3.05) is 11.9 Å². The van der Waals surface area contributed by atoms with Crippen molar-refractivity contribution in [3.63, 3.8) is 0 Å². The molecule has 1 saturated carbocycles. The van der Waals surface area contributed by atoms with Gasteiger partial charge in [0, 0.05) is 18.9 Å². The first-order valence-corrected chi connectivity index (χ1v) is 9.98. The van der Waals surface area contributed by atoms with E-state index in [2.05, 4.69) is 10.0 Å². The van der Waals surface area contributed by atoms with E-state index < -0.39 is 29.8 Å². The highest BCUT2D eigenvalue weighted by atomic mass is 32.2. The molecule has 1 amide bonds. The molecule has 0 bridgehead atoms. The number of ether oxygens (including phenoxy) is 1. The predicted octanol–water partition coefficient (Wildman–Crippen LogP) is 3.48. The monoisotopic (exact) mass is 427 g/mol. The number of nitrogens with one attached hydrogen (secondary N) is 2. The van der Waals surface area contributed by atoms with Crippen molar-refractivity contribution < 1.29 is 27.8 Å². The third-order valence-corrected chi connectivity index (χ3v) is 5.98. The molecule has 156 valence electrons. The second-order valence-corrected chi connectivity index (χ2v) is 8.12. The molecule has 0 spiro atoms. The van der Waals surface area contributed by atoms with E-state index in [1.165, 1.54) is 18.0 Å². The summed E-state index contributed by atoms with van der Waals surface area (Å²) >= 11 is 1.27. The summed E-state index contributed by atoms with van der Waals surface area (Å²) in [5.74, 6) is -0.978. The summed E-state index contributed by atoms with van der Waals surface area (Å²) in [5, 5.41) is 12.9. The first-order valence-electron chi connectivity index (χ1n) is 9.16. The average Bonchev–Trinajstić information content (AvgIpc) is 3.49. The Hall–Kier alpha value is -2.17. The number of carbonyl (C=O) groups excluding carboxylic acids is 1. The lowest BCUT2D eigenvalue weighted by molar-refractivity contribution is 0.0906. The number of nitrogens with zero attached hydrogens (tertiary/aromatic N) is 1. The zero-order chi connectivity index (χ0) is 20.7. The van der Waals surface area contributed by atoms with Gasteiger partial charge in [-0.25, -0.2) is 13.2 Å². The van der Waals surface area contributed by atoms with Gasteiger partial charge in [0.1, 0.15) is 12.4 Å². The molecule has 6 nitrogen and oxygen atoms in total. The standard InChI is InChI=1S/C19H20F3N3O3S/c1-25-7-14-17(28-8-13(24-29-14)16(26)9-2-3-9)15(25)19(27)23-10-4-5-12(20)11(6-10)18(21)22/h4-7,9,13,16,18,24,26H,2-3,8H2,1H3,(H,23,27). The number of fused-ring (bicyclic) bond motifs is 1. The number of anilines is 1. The number of aromatic nitrogens is 1. The molecule has 0 saturated heterocycles. The number of aliphatic hydroxyl groups excluding tert-OH is 1. The lowest BCUT2D eigenvalue weighted by Gasteiger charge is -2.21. The molecule has 2 atom stereocenters. The molecule has 2 unspecified atom stereocenters. The molecule has 0 radical (unpaired) electrons. The Bertz CT molecular complexity index is 933. The molecule has 3 N–H and O–H groups in total. The van der Waals surface area contributed by atoms with E-state index in [9.17, 15) is 23.1 Å². The number of aliphatic hydroxyl groups is 1. The van der Waals surface area contributed by atoms with Gasteiger partial charge in [0.05, 0.1) is 22.6 Å². The van der Waals surface area contributed by atoms with Gasteiger partial charge in [-0.15, -0.1) is 0 Å². The van der Waals surface area contributed by atoms with Crippen molar-refractivity contribution in [3.8, 4) is 5.75 Å². The number of amides is 1. The number of rotatable bonds is 5. The van der Waals surface area contributed by atoms with Crippen LogP contribution in [-0.2, 0) is 7.05 Å². The molecule has 4 rings (SSSR count). The van der Waals surface area contributed by atoms with Gasteiger partial charge >= 0.3 is 0 Å². The van der Waals surface area contributed by atoms with E-state index in [0.717, 1.165) is 25.0 Å². The minimum absolute atomic E-state index is 0.0584. The highest BCUT2D eigenvalue weighted by molar-refractivity contribution is 7.97. The van der Waals surface area contributed by atoms with Crippen LogP contribution in [0.1, 0.15) is 35.3 Å². The maximum Gasteiger partial charge on any atom is 0.276 e. The normalized spacial score (nSPS) is 20.0. The first kappa shape index (κ1) is 20.1. The Kier molecular flexibility index (Phi) is 5.50. The number of alkyl halides is 2. The molecular weight excluding hydrogens is 407 g/mol. The van der Waals surface area contributed by atoms with Crippen LogP contribution in [0, 0.1) is 11.7 Å². The smallest absolute Gasteiger partial charge is 0.276 e. The molecule has 1 aliphatic heterocycles. The molecule has 1 fully saturated rings. The highest BCUT2D eigenvalue weighted by Crippen LogP contribution is 2.39. The fraction of sp³-hybridized carbons (Fsp3) is 0.421. The van der Waals surface area contributed by atoms with Crippen LogP contribution in [0.15, 0.2) is 29.3 Å². The van der Waals surface area contributed by atoms with Gasteiger partial charge < -0.3 is 19.7 Å². The van der Waals surface area contributed by atoms with Crippen LogP contribution in [0.5, 0.6) is 5.75 Å². The number of aryl methyl sites for hydroxylation is 1. The molecular formula is C19H20F3N3O3S. The van der Waals surface area contributed by atoms with Crippen LogP contribution < -0.4 is 14.8 Å². The summed E-state index contributed by atoms with van der Waals surface area (Å²) in [6, 6.07) is 2.76. The highest BCUT2D eigenvalue weighted by Gasteiger charge is 2.37. The van der Waals surface area contributed by atoms with Crippen molar-refractivity contribution >= 4 is 23.5 Å². The summed E-state index contributed by atoms with van der Waals surface area (Å²) in [4.78, 5) is 13.5. The molecule has 1 aromatic carbocycles. The summed E-state index contributed by atoms with van der Waals surface area (Å²) in [6.45, 7) is 0.189. The van der Waals surface area contributed by atoms with Crippen LogP contribution in [0.3, 0.4) is 0 Å². The second-order valence-electron chi connectivity index (χ2n) is 7.24. The summed E-state index contributed by atoms with van der Waals surface area (Å²) in [5.41, 5.74) is -0.511. The number of benzene rings is 1. The molecule has 2 aromatic rings. The van der Waals surface area contributed by atoms with Crippen molar-refractivity contribution in [3.05, 3.63) is 41.5 Å². The van der Waals surface area contributed by atoms with Crippen LogP contribution in [-0.4, -0.2) is 34.3 Å². The predicted molar refractivity (Wildman–Crippen MR) is 102 cm³/mol. The number of halogens is 3. The van der Waals surface area contributed by atoms with Gasteiger partial charge in [-0.3, -0.25) is 9.52 Å². The Balaban J connectivity index is 1.53. The maximum atomic E-state index is 13.5. The zero-order valence-electron chi connectivity index (χ0n) is 15.5. The third-order valence-electron chi connectivity index (χ3n) is 5.05. The molecule has 1 aromatic heterocycles. The van der Waals surface area contributed by atoms with E-state index in [1.54, 1.807) is 17.8 Å². The Morgan fingerprint density at radius 1 is 1.41 bits per heavy atom. The van der Waals surface area contributed by atoms with E-state index in [4.69, 9.17) is 4.74 Å². The first-order chi connectivity index (χ1) is 13.8. The molecule has 10 heteroatoms. The van der Waals surface area contributed by atoms with Gasteiger partial charge in [0.2, 0.25) is 0 Å². The van der Waals surface area contributed by atoms with Gasteiger partial charge in [0.25, 0.3) is 12.3 Å². The minimum Gasteiger partial charge on any atom is -0.488 e. The van der Waals surface area contributed by atoms with Gasteiger partial charge in [-0.05, 0) is 48.9 Å². The van der Waals surface area contributed by atoms with Crippen LogP contribution in [0.2, 0.25) is 0 Å². The van der Waals surface area contributed by atoms with Gasteiger partial charge in [-0.1, -0.05) is 0 Å². The summed E-state index contributed by atoms with van der Waals surface area (Å²) in [6.07, 6.45) is 0.181. The van der Waals surface area contributed by atoms with Crippen molar-refractivity contribution in [1.29, 1.82) is 0 Å². The van der Waals surface area contributed by atoms with E-state index in [-0.39, 0.29) is 29.9 Å². The van der Waals surface area contributed by atoms with E-state index >= 15 is 0 Å². The topological polar surface area (TPSA) is 75.5 Å². The minimum atomic E-state index is -2.99.